The van der Waals surface area contributed by atoms with Gasteiger partial charge in [0.05, 0.1) is 6.61 Å². The standard InChI is InChI=1S/C13H16N2O3/c1-4-18-13(17)7-9(2)11-5-6-12(14-8-11)15-10(3)16/h5-8H,4H2,1-3H3,(H,14,15,16). The number of rotatable bonds is 4. The maximum Gasteiger partial charge on any atom is 0.331 e. The topological polar surface area (TPSA) is 68.3 Å². The Labute approximate surface area is 106 Å². The quantitative estimate of drug-likeness (QED) is 0.653. The van der Waals surface area contributed by atoms with Crippen LogP contribution in [0.2, 0.25) is 0 Å². The van der Waals surface area contributed by atoms with Crippen molar-refractivity contribution in [2.75, 3.05) is 11.9 Å². The van der Waals surface area contributed by atoms with E-state index in [1.54, 1.807) is 32.2 Å². The molecule has 0 aliphatic carbocycles. The molecule has 0 saturated carbocycles. The number of aromatic nitrogens is 1. The van der Waals surface area contributed by atoms with Crippen molar-refractivity contribution in [3.05, 3.63) is 30.0 Å². The minimum absolute atomic E-state index is 0.172. The Morgan fingerprint density at radius 1 is 1.39 bits per heavy atom. The van der Waals surface area contributed by atoms with Crippen LogP contribution in [0.15, 0.2) is 24.4 Å². The van der Waals surface area contributed by atoms with Crippen LogP contribution in [0.5, 0.6) is 0 Å². The molecule has 0 fully saturated rings. The molecule has 0 spiro atoms. The number of carbonyl (C=O) groups is 2. The van der Waals surface area contributed by atoms with Gasteiger partial charge in [0.25, 0.3) is 0 Å². The molecular weight excluding hydrogens is 232 g/mol. The Balaban J connectivity index is 2.78. The zero-order chi connectivity index (χ0) is 13.5. The molecule has 0 atom stereocenters. The zero-order valence-electron chi connectivity index (χ0n) is 10.7. The summed E-state index contributed by atoms with van der Waals surface area (Å²) in [7, 11) is 0. The van der Waals surface area contributed by atoms with Crippen molar-refractivity contribution in [2.45, 2.75) is 20.8 Å². The monoisotopic (exact) mass is 248 g/mol. The van der Waals surface area contributed by atoms with Gasteiger partial charge < -0.3 is 10.1 Å². The van der Waals surface area contributed by atoms with Gasteiger partial charge >= 0.3 is 5.97 Å². The Morgan fingerprint density at radius 3 is 2.61 bits per heavy atom. The summed E-state index contributed by atoms with van der Waals surface area (Å²) in [5.74, 6) is -0.0647. The SMILES string of the molecule is CCOC(=O)C=C(C)c1ccc(NC(C)=O)nc1. The summed E-state index contributed by atoms with van der Waals surface area (Å²) < 4.78 is 4.82. The van der Waals surface area contributed by atoms with Crippen LogP contribution in [-0.2, 0) is 14.3 Å². The van der Waals surface area contributed by atoms with Crippen molar-refractivity contribution in [2.24, 2.45) is 0 Å². The van der Waals surface area contributed by atoms with E-state index < -0.39 is 0 Å². The molecule has 0 radical (unpaired) electrons. The predicted molar refractivity (Wildman–Crippen MR) is 68.8 cm³/mol. The van der Waals surface area contributed by atoms with Crippen LogP contribution in [0.3, 0.4) is 0 Å². The number of ether oxygens (including phenoxy) is 1. The van der Waals surface area contributed by atoms with Gasteiger partial charge in [-0.1, -0.05) is 0 Å². The van der Waals surface area contributed by atoms with Crippen LogP contribution in [0.4, 0.5) is 5.82 Å². The number of pyridine rings is 1. The number of allylic oxidation sites excluding steroid dienone is 1. The van der Waals surface area contributed by atoms with Crippen molar-refractivity contribution < 1.29 is 14.3 Å². The highest BCUT2D eigenvalue weighted by Gasteiger charge is 2.02. The van der Waals surface area contributed by atoms with Crippen molar-refractivity contribution in [1.82, 2.24) is 4.98 Å². The van der Waals surface area contributed by atoms with Crippen molar-refractivity contribution in [1.29, 1.82) is 0 Å². The van der Waals surface area contributed by atoms with E-state index in [1.165, 1.54) is 13.0 Å². The maximum absolute atomic E-state index is 11.3. The van der Waals surface area contributed by atoms with Crippen LogP contribution in [0, 0.1) is 0 Å². The summed E-state index contributed by atoms with van der Waals surface area (Å²) in [5.41, 5.74) is 1.56. The first-order valence-corrected chi connectivity index (χ1v) is 5.62. The molecule has 5 heteroatoms. The molecule has 1 aromatic heterocycles. The van der Waals surface area contributed by atoms with Gasteiger partial charge in [-0.2, -0.15) is 0 Å². The van der Waals surface area contributed by atoms with Crippen LogP contribution >= 0.6 is 0 Å². The summed E-state index contributed by atoms with van der Waals surface area (Å²) in [6, 6.07) is 3.46. The number of esters is 1. The fourth-order valence-electron chi connectivity index (χ4n) is 1.33. The second kappa shape index (κ2) is 6.54. The van der Waals surface area contributed by atoms with Gasteiger partial charge in [-0.15, -0.1) is 0 Å². The smallest absolute Gasteiger partial charge is 0.331 e. The molecule has 1 heterocycles. The minimum atomic E-state index is -0.374. The lowest BCUT2D eigenvalue weighted by Crippen LogP contribution is -2.07. The fraction of sp³-hybridized carbons (Fsp3) is 0.308. The molecule has 1 rings (SSSR count). The lowest BCUT2D eigenvalue weighted by molar-refractivity contribution is -0.137. The summed E-state index contributed by atoms with van der Waals surface area (Å²) in [6.07, 6.45) is 3.01. The summed E-state index contributed by atoms with van der Waals surface area (Å²) in [5, 5.41) is 2.57. The van der Waals surface area contributed by atoms with E-state index in [-0.39, 0.29) is 11.9 Å². The summed E-state index contributed by atoms with van der Waals surface area (Å²) in [4.78, 5) is 26.2. The Bertz CT molecular complexity index is 464. The third-order valence-corrected chi connectivity index (χ3v) is 2.14. The molecule has 0 aliphatic rings. The molecule has 96 valence electrons. The van der Waals surface area contributed by atoms with Crippen molar-refractivity contribution in [3.63, 3.8) is 0 Å². The molecule has 0 saturated heterocycles. The lowest BCUT2D eigenvalue weighted by Gasteiger charge is -2.04. The molecule has 0 unspecified atom stereocenters. The van der Waals surface area contributed by atoms with Crippen LogP contribution in [0.25, 0.3) is 5.57 Å². The zero-order valence-corrected chi connectivity index (χ0v) is 10.7. The number of anilines is 1. The average Bonchev–Trinajstić information content (AvgIpc) is 2.29. The number of amides is 1. The molecule has 1 amide bonds. The van der Waals surface area contributed by atoms with E-state index in [0.717, 1.165) is 11.1 Å². The largest absolute Gasteiger partial charge is 0.463 e. The molecule has 0 aliphatic heterocycles. The van der Waals surface area contributed by atoms with Gasteiger partial charge in [0.2, 0.25) is 5.91 Å². The lowest BCUT2D eigenvalue weighted by atomic mass is 10.1. The van der Waals surface area contributed by atoms with Crippen molar-refractivity contribution in [3.8, 4) is 0 Å². The van der Waals surface area contributed by atoms with Crippen LogP contribution < -0.4 is 5.32 Å². The summed E-state index contributed by atoms with van der Waals surface area (Å²) >= 11 is 0. The highest BCUT2D eigenvalue weighted by Crippen LogP contribution is 2.14. The number of nitrogens with one attached hydrogen (secondary N) is 1. The van der Waals surface area contributed by atoms with Gasteiger partial charge in [0, 0.05) is 19.2 Å². The first kappa shape index (κ1) is 13.9. The van der Waals surface area contributed by atoms with Gasteiger partial charge in [0.15, 0.2) is 0 Å². The molecule has 1 aromatic rings. The Morgan fingerprint density at radius 2 is 2.11 bits per heavy atom. The molecule has 18 heavy (non-hydrogen) atoms. The fourth-order valence-corrected chi connectivity index (χ4v) is 1.33. The first-order valence-electron chi connectivity index (χ1n) is 5.62. The summed E-state index contributed by atoms with van der Waals surface area (Å²) in [6.45, 7) is 5.32. The van der Waals surface area contributed by atoms with Gasteiger partial charge in [-0.05, 0) is 37.1 Å². The number of nitrogens with zero attached hydrogens (tertiary/aromatic N) is 1. The Hall–Kier alpha value is -2.17. The highest BCUT2D eigenvalue weighted by molar-refractivity contribution is 5.91. The minimum Gasteiger partial charge on any atom is -0.463 e. The molecule has 5 nitrogen and oxygen atoms in total. The second-order valence-electron chi connectivity index (χ2n) is 3.69. The van der Waals surface area contributed by atoms with E-state index in [2.05, 4.69) is 10.3 Å². The number of hydrogen-bond donors (Lipinski definition) is 1. The first-order chi connectivity index (χ1) is 8.52. The van der Waals surface area contributed by atoms with Crippen LogP contribution in [0.1, 0.15) is 26.3 Å². The van der Waals surface area contributed by atoms with Gasteiger partial charge in [0.1, 0.15) is 5.82 Å². The van der Waals surface area contributed by atoms with E-state index in [9.17, 15) is 9.59 Å². The van der Waals surface area contributed by atoms with E-state index in [4.69, 9.17) is 4.74 Å². The maximum atomic E-state index is 11.3. The Kier molecular flexibility index (Phi) is 5.05. The molecule has 0 bridgehead atoms. The van der Waals surface area contributed by atoms with Crippen molar-refractivity contribution >= 4 is 23.3 Å². The normalized spacial score (nSPS) is 10.9. The van der Waals surface area contributed by atoms with E-state index in [0.29, 0.717) is 12.4 Å². The number of carbonyl (C=O) groups excluding carboxylic acids is 2. The number of hydrogen-bond acceptors (Lipinski definition) is 4. The molecule has 1 N–H and O–H groups in total. The second-order valence-corrected chi connectivity index (χ2v) is 3.69. The van der Waals surface area contributed by atoms with E-state index in [1.807, 2.05) is 0 Å². The molecular formula is C13H16N2O3. The van der Waals surface area contributed by atoms with Gasteiger partial charge in [-0.3, -0.25) is 4.79 Å². The third kappa shape index (κ3) is 4.37. The predicted octanol–water partition coefficient (Wildman–Crippen LogP) is 2.01. The van der Waals surface area contributed by atoms with Gasteiger partial charge in [-0.25, -0.2) is 9.78 Å². The molecule has 0 aromatic carbocycles. The highest BCUT2D eigenvalue weighted by atomic mass is 16.5. The average molecular weight is 248 g/mol. The third-order valence-electron chi connectivity index (χ3n) is 2.14. The van der Waals surface area contributed by atoms with E-state index >= 15 is 0 Å². The van der Waals surface area contributed by atoms with Crippen LogP contribution in [-0.4, -0.2) is 23.5 Å².